The highest BCUT2D eigenvalue weighted by molar-refractivity contribution is 7.22. The van der Waals surface area contributed by atoms with E-state index in [1.165, 1.54) is 36.0 Å². The normalized spacial score (nSPS) is 13.0. The molecule has 8 aromatic carbocycles. The van der Waals surface area contributed by atoms with Crippen molar-refractivity contribution >= 4 is 70.2 Å². The van der Waals surface area contributed by atoms with E-state index in [0.717, 1.165) is 10.8 Å². The molecule has 6 heteroatoms. The van der Waals surface area contributed by atoms with Gasteiger partial charge in [0.05, 0.1) is 0 Å². The smallest absolute Gasteiger partial charge is 0.261 e. The summed E-state index contributed by atoms with van der Waals surface area (Å²) in [6.45, 7) is 0.892. The second-order valence-electron chi connectivity index (χ2n) is 14.6. The van der Waals surface area contributed by atoms with E-state index in [9.17, 15) is 9.59 Å². The van der Waals surface area contributed by atoms with E-state index >= 15 is 0 Å². The Morgan fingerprint density at radius 2 is 0.667 bits per heavy atom. The van der Waals surface area contributed by atoms with Crippen molar-refractivity contribution in [2.24, 2.45) is 0 Å². The van der Waals surface area contributed by atoms with Crippen LogP contribution in [0.25, 0.3) is 10.8 Å². The number of hydrogen-bond acceptors (Lipinski definition) is 3. The molecular formula is C51H42N2O2Si2. The van der Waals surface area contributed by atoms with Crippen molar-refractivity contribution in [1.29, 1.82) is 0 Å². The Morgan fingerprint density at radius 3 is 0.965 bits per heavy atom. The first-order chi connectivity index (χ1) is 28.1. The largest absolute Gasteiger partial charge is 0.324 e. The molecule has 0 bridgehead atoms. The van der Waals surface area contributed by atoms with Crippen LogP contribution in [0.4, 0.5) is 0 Å². The lowest BCUT2D eigenvalue weighted by Crippen LogP contribution is -2.90. The lowest BCUT2D eigenvalue weighted by molar-refractivity contribution is 0.0608. The Kier molecular flexibility index (Phi) is 9.91. The van der Waals surface area contributed by atoms with Crippen LogP contribution in [-0.2, 0) is 0 Å². The first-order valence-corrected chi connectivity index (χ1v) is 23.5. The Bertz CT molecular complexity index is 2270. The lowest BCUT2D eigenvalue weighted by atomic mass is 9.94. The number of rotatable bonds is 12. The second-order valence-corrected chi connectivity index (χ2v) is 22.4. The fourth-order valence-corrected chi connectivity index (χ4v) is 22.5. The summed E-state index contributed by atoms with van der Waals surface area (Å²) in [6, 6.07) is 77.9. The van der Waals surface area contributed by atoms with Crippen LogP contribution in [-0.4, -0.2) is 50.5 Å². The third-order valence-electron chi connectivity index (χ3n) is 11.6. The van der Waals surface area contributed by atoms with Crippen molar-refractivity contribution in [1.82, 2.24) is 9.13 Å². The molecule has 4 nitrogen and oxygen atoms in total. The van der Waals surface area contributed by atoms with Crippen LogP contribution < -0.4 is 31.1 Å². The van der Waals surface area contributed by atoms with Gasteiger partial charge in [-0.1, -0.05) is 206 Å². The minimum atomic E-state index is -3.25. The molecule has 0 N–H and O–H groups in total. The monoisotopic (exact) mass is 770 g/mol. The Hall–Kier alpha value is -6.45. The summed E-state index contributed by atoms with van der Waals surface area (Å²) in [7, 11) is -6.50. The van der Waals surface area contributed by atoms with Crippen LogP contribution in [0, 0.1) is 0 Å². The highest BCUT2D eigenvalue weighted by Crippen LogP contribution is 2.31. The van der Waals surface area contributed by atoms with E-state index in [1.54, 1.807) is 0 Å². The maximum Gasteiger partial charge on any atom is 0.261 e. The van der Waals surface area contributed by atoms with Crippen LogP contribution >= 0.6 is 0 Å². The summed E-state index contributed by atoms with van der Waals surface area (Å²) in [5.41, 5.74) is 1.17. The molecule has 0 atom stereocenters. The molecule has 1 aliphatic rings. The van der Waals surface area contributed by atoms with Gasteiger partial charge in [-0.3, -0.25) is 14.5 Å². The summed E-state index contributed by atoms with van der Waals surface area (Å²) in [5, 5.41) is 9.29. The molecular weight excluding hydrogens is 729 g/mol. The van der Waals surface area contributed by atoms with Crippen molar-refractivity contribution in [3.63, 3.8) is 0 Å². The van der Waals surface area contributed by atoms with Crippen molar-refractivity contribution in [2.75, 3.05) is 13.1 Å². The van der Waals surface area contributed by atoms with Gasteiger partial charge in [-0.15, -0.1) is 0 Å². The van der Waals surface area contributed by atoms with Crippen LogP contribution in [0.2, 0.25) is 0 Å². The zero-order valence-electron chi connectivity index (χ0n) is 31.6. The molecule has 57 heavy (non-hydrogen) atoms. The number of hydrogen-bond donors (Lipinski definition) is 0. The van der Waals surface area contributed by atoms with Crippen LogP contribution in [0.5, 0.6) is 0 Å². The third-order valence-corrected chi connectivity index (χ3v) is 22.7. The molecule has 0 saturated heterocycles. The van der Waals surface area contributed by atoms with E-state index in [0.29, 0.717) is 24.1 Å². The molecule has 9 rings (SSSR count). The Morgan fingerprint density at radius 1 is 0.368 bits per heavy atom. The minimum Gasteiger partial charge on any atom is -0.324 e. The first-order valence-electron chi connectivity index (χ1n) is 19.6. The maximum atomic E-state index is 14.3. The predicted octanol–water partition coefficient (Wildman–Crippen LogP) is 6.46. The molecule has 0 saturated carbocycles. The fourth-order valence-electron chi connectivity index (χ4n) is 9.27. The van der Waals surface area contributed by atoms with E-state index in [2.05, 4.69) is 186 Å². The number of imide groups is 1. The quantitative estimate of drug-likeness (QED) is 0.0815. The fraction of sp³-hybridized carbons (Fsp3) is 0.0588. The zero-order chi connectivity index (χ0) is 38.7. The number of benzene rings is 8. The molecule has 0 spiro atoms. The summed E-state index contributed by atoms with van der Waals surface area (Å²) >= 11 is 0. The van der Waals surface area contributed by atoms with Gasteiger partial charge in [0.25, 0.3) is 11.8 Å². The second kappa shape index (κ2) is 15.6. The average molecular weight is 771 g/mol. The van der Waals surface area contributed by atoms with Crippen molar-refractivity contribution in [2.45, 2.75) is 6.42 Å². The van der Waals surface area contributed by atoms with Gasteiger partial charge in [-0.05, 0) is 61.6 Å². The van der Waals surface area contributed by atoms with Gasteiger partial charge in [0.2, 0.25) is 16.5 Å². The summed E-state index contributed by atoms with van der Waals surface area (Å²) in [4.78, 5) is 30.1. The number of amides is 2. The summed E-state index contributed by atoms with van der Waals surface area (Å²) in [6.07, 6.45) is 0.568. The summed E-state index contributed by atoms with van der Waals surface area (Å²) in [5.74, 6) is -0.461. The standard InChI is InChI=1S/C51H42N2O2Si2/c54-50-47-36-19-22-40-23-20-37-48(49(40)47)51(55)52(50)38-21-39-53(56(41-24-7-1-8-25-41,42-26-9-2-10-27-42)43-28-11-3-12-29-43)57(44-30-13-4-14-31-44,45-32-15-5-16-33-45)46-34-17-6-18-35-46/h1-20,22-37H,21,38-39H2. The highest BCUT2D eigenvalue weighted by Gasteiger charge is 2.57. The molecule has 0 aromatic heterocycles. The van der Waals surface area contributed by atoms with E-state index in [1.807, 2.05) is 36.4 Å². The van der Waals surface area contributed by atoms with Gasteiger partial charge in [0, 0.05) is 23.1 Å². The van der Waals surface area contributed by atoms with Gasteiger partial charge >= 0.3 is 0 Å². The highest BCUT2D eigenvalue weighted by atomic mass is 28.4. The van der Waals surface area contributed by atoms with Gasteiger partial charge in [-0.2, -0.15) is 0 Å². The molecule has 2 amide bonds. The molecule has 1 heterocycles. The number of carbonyl (C=O) groups is 2. The van der Waals surface area contributed by atoms with E-state index in [4.69, 9.17) is 0 Å². The predicted molar refractivity (Wildman–Crippen MR) is 239 cm³/mol. The summed E-state index contributed by atoms with van der Waals surface area (Å²) < 4.78 is 2.92. The van der Waals surface area contributed by atoms with Crippen molar-refractivity contribution < 1.29 is 9.59 Å². The minimum absolute atomic E-state index is 0.230. The SMILES string of the molecule is O=C1c2cccc3cccc(c23)C(=O)N1CCCN([Si](c1ccccc1)(c1ccccc1)c1ccccc1)[Si](c1ccccc1)(c1ccccc1)c1ccccc1. The van der Waals surface area contributed by atoms with Crippen LogP contribution in [0.15, 0.2) is 218 Å². The third kappa shape index (κ3) is 6.10. The molecule has 0 radical (unpaired) electrons. The maximum absolute atomic E-state index is 14.3. The van der Waals surface area contributed by atoms with Gasteiger partial charge in [-0.25, -0.2) is 0 Å². The first kappa shape index (κ1) is 36.2. The topological polar surface area (TPSA) is 40.6 Å². The molecule has 0 unspecified atom stereocenters. The van der Waals surface area contributed by atoms with E-state index < -0.39 is 16.5 Å². The average Bonchev–Trinajstić information content (AvgIpc) is 3.29. The van der Waals surface area contributed by atoms with Crippen molar-refractivity contribution in [3.8, 4) is 0 Å². The van der Waals surface area contributed by atoms with E-state index in [-0.39, 0.29) is 18.4 Å². The Labute approximate surface area is 336 Å². The molecule has 0 aliphatic carbocycles. The van der Waals surface area contributed by atoms with Crippen LogP contribution in [0.3, 0.4) is 0 Å². The zero-order valence-corrected chi connectivity index (χ0v) is 33.6. The van der Waals surface area contributed by atoms with Crippen LogP contribution in [0.1, 0.15) is 27.1 Å². The lowest BCUT2D eigenvalue weighted by Gasteiger charge is -2.54. The molecule has 8 aromatic rings. The Balaban J connectivity index is 1.32. The molecule has 0 fully saturated rings. The van der Waals surface area contributed by atoms with Gasteiger partial charge in [0.1, 0.15) is 0 Å². The molecule has 1 aliphatic heterocycles. The van der Waals surface area contributed by atoms with Crippen molar-refractivity contribution in [3.05, 3.63) is 230 Å². The van der Waals surface area contributed by atoms with Gasteiger partial charge in [0.15, 0.2) is 0 Å². The number of nitrogens with zero attached hydrogens (tertiary/aromatic N) is 2. The van der Waals surface area contributed by atoms with Gasteiger partial charge < -0.3 is 4.23 Å². The molecule has 276 valence electrons. The number of carbonyl (C=O) groups excluding carboxylic acids is 2.